The Morgan fingerprint density at radius 2 is 2.00 bits per heavy atom. The maximum absolute atomic E-state index is 12.2. The number of hydrogen-bond donors (Lipinski definition) is 1. The molecule has 0 saturated carbocycles. The molecule has 0 unspecified atom stereocenters. The summed E-state index contributed by atoms with van der Waals surface area (Å²) in [6, 6.07) is 10.6. The van der Waals surface area contributed by atoms with Crippen LogP contribution in [0.15, 0.2) is 55.0 Å². The van der Waals surface area contributed by atoms with Crippen LogP contribution in [0.3, 0.4) is 0 Å². The molecule has 0 saturated heterocycles. The second-order valence-corrected chi connectivity index (χ2v) is 5.23. The Morgan fingerprint density at radius 3 is 2.76 bits per heavy atom. The van der Waals surface area contributed by atoms with Crippen molar-refractivity contribution in [3.63, 3.8) is 0 Å². The fourth-order valence-electron chi connectivity index (χ4n) is 2.31. The number of imidazole rings is 1. The summed E-state index contributed by atoms with van der Waals surface area (Å²) in [4.78, 5) is 20.7. The van der Waals surface area contributed by atoms with Crippen LogP contribution >= 0.6 is 0 Å². The quantitative estimate of drug-likeness (QED) is 0.747. The summed E-state index contributed by atoms with van der Waals surface area (Å²) in [6.45, 7) is 1.75. The molecule has 1 amide bonds. The summed E-state index contributed by atoms with van der Waals surface area (Å²) in [5, 5.41) is 2.82. The van der Waals surface area contributed by atoms with Crippen molar-refractivity contribution in [2.75, 3.05) is 19.0 Å². The molecule has 0 aliphatic rings. The summed E-state index contributed by atoms with van der Waals surface area (Å²) >= 11 is 0. The van der Waals surface area contributed by atoms with Crippen LogP contribution in [-0.4, -0.2) is 34.2 Å². The maximum atomic E-state index is 12.2. The smallest absolute Gasteiger partial charge is 0.262 e. The molecule has 2 heterocycles. The number of amides is 1. The molecule has 7 nitrogen and oxygen atoms in total. The zero-order valence-electron chi connectivity index (χ0n) is 14.0. The number of aryl methyl sites for hydroxylation is 1. The highest BCUT2D eigenvalue weighted by Gasteiger charge is 2.11. The highest BCUT2D eigenvalue weighted by atomic mass is 16.5. The first-order valence-corrected chi connectivity index (χ1v) is 7.69. The summed E-state index contributed by atoms with van der Waals surface area (Å²) in [5.74, 6) is 2.33. The highest BCUT2D eigenvalue weighted by molar-refractivity contribution is 5.93. The van der Waals surface area contributed by atoms with Gasteiger partial charge in [-0.15, -0.1) is 0 Å². The van der Waals surface area contributed by atoms with Crippen molar-refractivity contribution in [1.82, 2.24) is 14.5 Å². The first-order chi connectivity index (χ1) is 12.2. The number of nitrogens with zero attached hydrogens (tertiary/aromatic N) is 3. The number of benzene rings is 1. The van der Waals surface area contributed by atoms with Gasteiger partial charge in [0.15, 0.2) is 12.4 Å². The number of anilines is 1. The highest BCUT2D eigenvalue weighted by Crippen LogP contribution is 2.20. The van der Waals surface area contributed by atoms with E-state index in [-0.39, 0.29) is 12.5 Å². The molecule has 0 bridgehead atoms. The molecule has 1 N–H and O–H groups in total. The van der Waals surface area contributed by atoms with Crippen LogP contribution in [-0.2, 0) is 4.79 Å². The maximum Gasteiger partial charge on any atom is 0.262 e. The van der Waals surface area contributed by atoms with E-state index in [2.05, 4.69) is 15.3 Å². The standard InChI is InChI=1S/C18H18N4O3/c1-13-19-9-10-22(13)18-16(7-4-8-20-18)21-17(23)12-25-15-6-3-5-14(11-15)24-2/h3-11H,12H2,1-2H3,(H,21,23). The van der Waals surface area contributed by atoms with E-state index in [0.717, 1.165) is 5.82 Å². The van der Waals surface area contributed by atoms with E-state index >= 15 is 0 Å². The average Bonchev–Trinajstić information content (AvgIpc) is 3.06. The molecule has 0 aliphatic heterocycles. The minimum Gasteiger partial charge on any atom is -0.497 e. The molecule has 0 fully saturated rings. The van der Waals surface area contributed by atoms with Crippen molar-refractivity contribution in [2.24, 2.45) is 0 Å². The van der Waals surface area contributed by atoms with E-state index in [9.17, 15) is 4.79 Å². The molecule has 0 atom stereocenters. The topological polar surface area (TPSA) is 78.3 Å². The Hall–Kier alpha value is -3.35. The van der Waals surface area contributed by atoms with Crippen molar-refractivity contribution in [3.05, 3.63) is 60.8 Å². The monoisotopic (exact) mass is 338 g/mol. The zero-order chi connectivity index (χ0) is 17.6. The van der Waals surface area contributed by atoms with Gasteiger partial charge in [0.05, 0.1) is 12.8 Å². The van der Waals surface area contributed by atoms with E-state index < -0.39 is 0 Å². The minimum absolute atomic E-state index is 0.121. The number of methoxy groups -OCH3 is 1. The normalized spacial score (nSPS) is 10.3. The molecule has 3 aromatic rings. The van der Waals surface area contributed by atoms with Gasteiger partial charge in [0.1, 0.15) is 17.3 Å². The lowest BCUT2D eigenvalue weighted by molar-refractivity contribution is -0.118. The first-order valence-electron chi connectivity index (χ1n) is 7.69. The third-order valence-electron chi connectivity index (χ3n) is 3.53. The molecule has 0 spiro atoms. The Morgan fingerprint density at radius 1 is 1.16 bits per heavy atom. The molecule has 1 aromatic carbocycles. The largest absolute Gasteiger partial charge is 0.497 e. The Balaban J connectivity index is 1.68. The zero-order valence-corrected chi connectivity index (χ0v) is 14.0. The second-order valence-electron chi connectivity index (χ2n) is 5.23. The molecule has 2 aromatic heterocycles. The summed E-state index contributed by atoms with van der Waals surface area (Å²) in [6.07, 6.45) is 5.14. The third-order valence-corrected chi connectivity index (χ3v) is 3.53. The number of pyridine rings is 1. The Bertz CT molecular complexity index is 876. The predicted octanol–water partition coefficient (Wildman–Crippen LogP) is 2.60. The minimum atomic E-state index is -0.283. The first kappa shape index (κ1) is 16.5. The Labute approximate surface area is 145 Å². The van der Waals surface area contributed by atoms with Gasteiger partial charge in [0, 0.05) is 24.7 Å². The molecular weight excluding hydrogens is 320 g/mol. The average molecular weight is 338 g/mol. The van der Waals surface area contributed by atoms with Gasteiger partial charge >= 0.3 is 0 Å². The van der Waals surface area contributed by atoms with Crippen molar-refractivity contribution >= 4 is 11.6 Å². The SMILES string of the molecule is COc1cccc(OCC(=O)Nc2cccnc2-n2ccnc2C)c1. The molecule has 0 radical (unpaired) electrons. The second kappa shape index (κ2) is 7.48. The number of hydrogen-bond acceptors (Lipinski definition) is 5. The van der Waals surface area contributed by atoms with E-state index in [0.29, 0.717) is 23.0 Å². The number of carbonyl (C=O) groups excluding carboxylic acids is 1. The van der Waals surface area contributed by atoms with Crippen LogP contribution < -0.4 is 14.8 Å². The fraction of sp³-hybridized carbons (Fsp3) is 0.167. The molecule has 3 rings (SSSR count). The van der Waals surface area contributed by atoms with Crippen LogP contribution in [0.25, 0.3) is 5.82 Å². The van der Waals surface area contributed by atoms with Crippen LogP contribution in [0, 0.1) is 6.92 Å². The predicted molar refractivity (Wildman–Crippen MR) is 93.2 cm³/mol. The number of rotatable bonds is 6. The van der Waals surface area contributed by atoms with Gasteiger partial charge in [-0.2, -0.15) is 0 Å². The van der Waals surface area contributed by atoms with Crippen molar-refractivity contribution in [2.45, 2.75) is 6.92 Å². The van der Waals surface area contributed by atoms with Gasteiger partial charge in [-0.25, -0.2) is 9.97 Å². The van der Waals surface area contributed by atoms with E-state index in [4.69, 9.17) is 9.47 Å². The number of aromatic nitrogens is 3. The summed E-state index contributed by atoms with van der Waals surface area (Å²) < 4.78 is 12.4. The van der Waals surface area contributed by atoms with E-state index in [1.807, 2.05) is 13.0 Å². The Kier molecular flexibility index (Phi) is 4.94. The lowest BCUT2D eigenvalue weighted by Crippen LogP contribution is -2.21. The van der Waals surface area contributed by atoms with Gasteiger partial charge in [0.2, 0.25) is 0 Å². The number of carbonyl (C=O) groups is 1. The third kappa shape index (κ3) is 3.95. The summed E-state index contributed by atoms with van der Waals surface area (Å²) in [7, 11) is 1.58. The molecule has 0 aliphatic carbocycles. The van der Waals surface area contributed by atoms with Crippen molar-refractivity contribution < 1.29 is 14.3 Å². The van der Waals surface area contributed by atoms with Crippen molar-refractivity contribution in [3.8, 4) is 17.3 Å². The molecule has 25 heavy (non-hydrogen) atoms. The number of nitrogens with one attached hydrogen (secondary N) is 1. The van der Waals surface area contributed by atoms with Gasteiger partial charge in [-0.3, -0.25) is 9.36 Å². The molecule has 7 heteroatoms. The fourth-order valence-corrected chi connectivity index (χ4v) is 2.31. The van der Waals surface area contributed by atoms with Crippen LogP contribution in [0.2, 0.25) is 0 Å². The van der Waals surface area contributed by atoms with Crippen LogP contribution in [0.1, 0.15) is 5.82 Å². The number of ether oxygens (including phenoxy) is 2. The van der Waals surface area contributed by atoms with E-state index in [1.165, 1.54) is 0 Å². The van der Waals surface area contributed by atoms with Gasteiger partial charge < -0.3 is 14.8 Å². The van der Waals surface area contributed by atoms with E-state index in [1.54, 1.807) is 60.6 Å². The van der Waals surface area contributed by atoms with Gasteiger partial charge in [-0.05, 0) is 31.2 Å². The molecular formula is C18H18N4O3. The van der Waals surface area contributed by atoms with Gasteiger partial charge in [-0.1, -0.05) is 6.07 Å². The lowest BCUT2D eigenvalue weighted by Gasteiger charge is -2.12. The lowest BCUT2D eigenvalue weighted by atomic mass is 10.3. The summed E-state index contributed by atoms with van der Waals surface area (Å²) in [5.41, 5.74) is 0.586. The van der Waals surface area contributed by atoms with Crippen LogP contribution in [0.5, 0.6) is 11.5 Å². The van der Waals surface area contributed by atoms with Crippen molar-refractivity contribution in [1.29, 1.82) is 0 Å². The van der Waals surface area contributed by atoms with Gasteiger partial charge in [0.25, 0.3) is 5.91 Å². The van der Waals surface area contributed by atoms with Crippen LogP contribution in [0.4, 0.5) is 5.69 Å². The molecule has 128 valence electrons.